The average Bonchev–Trinajstić information content (AvgIpc) is 3.33. The van der Waals surface area contributed by atoms with E-state index in [0.29, 0.717) is 10.3 Å². The molecule has 1 atom stereocenters. The van der Waals surface area contributed by atoms with E-state index in [-0.39, 0.29) is 23.0 Å². The van der Waals surface area contributed by atoms with E-state index in [1.165, 1.54) is 23.6 Å². The number of esters is 1. The average molecular weight is 518 g/mol. The molecule has 3 aromatic rings. The minimum Gasteiger partial charge on any atom is -0.442 e. The van der Waals surface area contributed by atoms with Gasteiger partial charge in [-0.25, -0.2) is 9.50 Å². The molecule has 0 saturated carbocycles. The van der Waals surface area contributed by atoms with E-state index in [9.17, 15) is 19.7 Å². The lowest BCUT2D eigenvalue weighted by atomic mass is 10.1. The van der Waals surface area contributed by atoms with Gasteiger partial charge >= 0.3 is 11.7 Å². The monoisotopic (exact) mass is 517 g/mol. The maximum absolute atomic E-state index is 12.3. The molecule has 2 aromatic heterocycles. The predicted octanol–water partition coefficient (Wildman–Crippen LogP) is 2.58. The van der Waals surface area contributed by atoms with Crippen molar-refractivity contribution < 1.29 is 24.0 Å². The summed E-state index contributed by atoms with van der Waals surface area (Å²) in [7, 11) is 0. The lowest BCUT2D eigenvalue weighted by Crippen LogP contribution is -2.26. The first-order valence-electron chi connectivity index (χ1n) is 9.48. The van der Waals surface area contributed by atoms with Crippen LogP contribution in [-0.2, 0) is 14.3 Å². The van der Waals surface area contributed by atoms with Gasteiger partial charge in [0.1, 0.15) is 0 Å². The third kappa shape index (κ3) is 4.11. The molecule has 0 fully saturated rings. The molecular weight excluding hydrogens is 502 g/mol. The van der Waals surface area contributed by atoms with Crippen LogP contribution in [0.25, 0.3) is 5.78 Å². The second-order valence-electron chi connectivity index (χ2n) is 7.11. The fraction of sp³-hybridized carbons (Fsp3) is 0.263. The van der Waals surface area contributed by atoms with Crippen LogP contribution in [0.2, 0.25) is 0 Å². The second-order valence-corrected chi connectivity index (χ2v) is 8.03. The van der Waals surface area contributed by atoms with E-state index in [4.69, 9.17) is 9.47 Å². The summed E-state index contributed by atoms with van der Waals surface area (Å²) < 4.78 is 12.8. The lowest BCUT2D eigenvalue weighted by molar-refractivity contribution is -0.385. The number of hydrazone groups is 1. The summed E-state index contributed by atoms with van der Waals surface area (Å²) in [6.45, 7) is 6.01. The van der Waals surface area contributed by atoms with Crippen molar-refractivity contribution in [3.63, 3.8) is 0 Å². The van der Waals surface area contributed by atoms with Gasteiger partial charge in [-0.1, -0.05) is 15.9 Å². The molecule has 1 unspecified atom stereocenters. The number of benzene rings is 1. The van der Waals surface area contributed by atoms with E-state index >= 15 is 0 Å². The SMILES string of the molecule is CC(=O)Oc1c(C2=NN(C(C)=O)C(c3nc4nc(C)cc(C)n4n3)O2)cc(Br)cc1[N+](=O)[O-]. The first-order chi connectivity index (χ1) is 15.5. The van der Waals surface area contributed by atoms with E-state index in [1.54, 1.807) is 0 Å². The number of rotatable bonds is 4. The lowest BCUT2D eigenvalue weighted by Gasteiger charge is -2.15. The standard InChI is InChI=1S/C19H16BrN7O6/c1-8-5-9(2)25-19(21-8)22-16(23-25)18-26(10(3)28)24-17(33-18)13-6-12(20)7-14(27(30)31)15(13)32-11(4)29/h5-7,18H,1-4H3. The van der Waals surface area contributed by atoms with Gasteiger partial charge in [-0.3, -0.25) is 19.7 Å². The Hall–Kier alpha value is -3.94. The number of nitrogens with zero attached hydrogens (tertiary/aromatic N) is 7. The summed E-state index contributed by atoms with van der Waals surface area (Å²) >= 11 is 3.20. The molecule has 0 saturated heterocycles. The van der Waals surface area contributed by atoms with Crippen LogP contribution < -0.4 is 4.74 Å². The highest BCUT2D eigenvalue weighted by atomic mass is 79.9. The molecule has 1 amide bonds. The van der Waals surface area contributed by atoms with Gasteiger partial charge in [-0.05, 0) is 26.0 Å². The second kappa shape index (κ2) is 8.20. The number of nitro benzene ring substituents is 1. The molecule has 14 heteroatoms. The minimum absolute atomic E-state index is 0.00561. The van der Waals surface area contributed by atoms with E-state index < -0.39 is 28.7 Å². The summed E-state index contributed by atoms with van der Waals surface area (Å²) in [5, 5.41) is 21.1. The highest BCUT2D eigenvalue weighted by Crippen LogP contribution is 2.38. The van der Waals surface area contributed by atoms with Crippen LogP contribution in [-0.4, -0.2) is 47.3 Å². The zero-order valence-corrected chi connectivity index (χ0v) is 19.4. The maximum atomic E-state index is 12.3. The number of halogens is 1. The summed E-state index contributed by atoms with van der Waals surface area (Å²) in [6, 6.07) is 4.42. The third-order valence-electron chi connectivity index (χ3n) is 4.53. The molecule has 1 aliphatic heterocycles. The van der Waals surface area contributed by atoms with Crippen molar-refractivity contribution in [2.24, 2.45) is 5.10 Å². The van der Waals surface area contributed by atoms with Gasteiger partial charge < -0.3 is 9.47 Å². The Balaban J connectivity index is 1.82. The van der Waals surface area contributed by atoms with E-state index in [0.717, 1.165) is 23.3 Å². The normalized spacial score (nSPS) is 15.4. The Labute approximate surface area is 194 Å². The Bertz CT molecular complexity index is 1370. The van der Waals surface area contributed by atoms with Crippen LogP contribution in [0, 0.1) is 24.0 Å². The van der Waals surface area contributed by atoms with Crippen molar-refractivity contribution in [3.05, 3.63) is 55.6 Å². The Morgan fingerprint density at radius 3 is 2.58 bits per heavy atom. The number of hydrogen-bond acceptors (Lipinski definition) is 10. The van der Waals surface area contributed by atoms with Gasteiger partial charge in [-0.2, -0.15) is 9.99 Å². The van der Waals surface area contributed by atoms with Crippen LogP contribution in [0.5, 0.6) is 5.75 Å². The highest BCUT2D eigenvalue weighted by molar-refractivity contribution is 9.10. The van der Waals surface area contributed by atoms with Crippen molar-refractivity contribution in [2.75, 3.05) is 0 Å². The predicted molar refractivity (Wildman–Crippen MR) is 115 cm³/mol. The number of carbonyl (C=O) groups excluding carboxylic acids is 2. The first-order valence-corrected chi connectivity index (χ1v) is 10.3. The van der Waals surface area contributed by atoms with Gasteiger partial charge in [0.25, 0.3) is 12.0 Å². The van der Waals surface area contributed by atoms with E-state index in [1.807, 2.05) is 19.9 Å². The first kappa shape index (κ1) is 22.3. The number of fused-ring (bicyclic) bond motifs is 1. The number of amides is 1. The molecule has 1 aromatic carbocycles. The molecule has 0 radical (unpaired) electrons. The zero-order valence-electron chi connectivity index (χ0n) is 17.8. The van der Waals surface area contributed by atoms with E-state index in [2.05, 4.69) is 36.1 Å². The summed E-state index contributed by atoms with van der Waals surface area (Å²) in [5.41, 5.74) is 1.01. The van der Waals surface area contributed by atoms with Gasteiger partial charge in [0.2, 0.25) is 23.4 Å². The van der Waals surface area contributed by atoms with Gasteiger partial charge in [0.15, 0.2) is 0 Å². The molecule has 0 aliphatic carbocycles. The highest BCUT2D eigenvalue weighted by Gasteiger charge is 2.39. The molecule has 4 rings (SSSR count). The molecule has 3 heterocycles. The van der Waals surface area contributed by atoms with Crippen LogP contribution in [0.1, 0.15) is 42.9 Å². The largest absolute Gasteiger partial charge is 0.442 e. The Morgan fingerprint density at radius 2 is 1.94 bits per heavy atom. The van der Waals surface area contributed by atoms with Gasteiger partial charge in [-0.15, -0.1) is 10.2 Å². The van der Waals surface area contributed by atoms with Crippen molar-refractivity contribution >= 4 is 45.2 Å². The fourth-order valence-corrected chi connectivity index (χ4v) is 3.70. The fourth-order valence-electron chi connectivity index (χ4n) is 3.26. The Morgan fingerprint density at radius 1 is 1.21 bits per heavy atom. The van der Waals surface area contributed by atoms with Crippen LogP contribution in [0.15, 0.2) is 27.8 Å². The maximum Gasteiger partial charge on any atom is 0.313 e. The number of ether oxygens (including phenoxy) is 2. The summed E-state index contributed by atoms with van der Waals surface area (Å²) in [6.07, 6.45) is -1.16. The summed E-state index contributed by atoms with van der Waals surface area (Å²) in [5.74, 6) is -1.41. The number of hydrogen-bond donors (Lipinski definition) is 0. The molecule has 33 heavy (non-hydrogen) atoms. The topological polar surface area (TPSA) is 154 Å². The number of aryl methyl sites for hydroxylation is 2. The Kier molecular flexibility index (Phi) is 5.53. The minimum atomic E-state index is -1.16. The molecule has 1 aliphatic rings. The van der Waals surface area contributed by atoms with Crippen molar-refractivity contribution in [1.82, 2.24) is 24.6 Å². The smallest absolute Gasteiger partial charge is 0.313 e. The molecule has 13 nitrogen and oxygen atoms in total. The number of aromatic nitrogens is 4. The van der Waals surface area contributed by atoms with Crippen molar-refractivity contribution in [2.45, 2.75) is 33.9 Å². The molecule has 0 bridgehead atoms. The van der Waals surface area contributed by atoms with Crippen LogP contribution >= 0.6 is 15.9 Å². The van der Waals surface area contributed by atoms with Gasteiger partial charge in [0, 0.05) is 35.8 Å². The van der Waals surface area contributed by atoms with Crippen LogP contribution in [0.4, 0.5) is 5.69 Å². The molecule has 170 valence electrons. The van der Waals surface area contributed by atoms with Crippen molar-refractivity contribution in [3.8, 4) is 5.75 Å². The van der Waals surface area contributed by atoms with Gasteiger partial charge in [0.05, 0.1) is 10.5 Å². The van der Waals surface area contributed by atoms with Crippen molar-refractivity contribution in [1.29, 1.82) is 0 Å². The summed E-state index contributed by atoms with van der Waals surface area (Å²) in [4.78, 5) is 43.5. The molecule has 0 spiro atoms. The molecular formula is C19H16BrN7O6. The number of carbonyl (C=O) groups is 2. The number of nitro groups is 1. The third-order valence-corrected chi connectivity index (χ3v) is 4.99. The zero-order chi connectivity index (χ0) is 24.0. The van der Waals surface area contributed by atoms with Crippen LogP contribution in [0.3, 0.4) is 0 Å². The quantitative estimate of drug-likeness (QED) is 0.219. The molecule has 0 N–H and O–H groups in total.